The predicted molar refractivity (Wildman–Crippen MR) is 108 cm³/mol. The van der Waals surface area contributed by atoms with E-state index >= 15 is 0 Å². The Balaban J connectivity index is 1.31. The van der Waals surface area contributed by atoms with Crippen LogP contribution in [0.3, 0.4) is 0 Å². The molecule has 1 aromatic carbocycles. The average Bonchev–Trinajstić information content (AvgIpc) is 3.28. The zero-order valence-corrected chi connectivity index (χ0v) is 16.2. The van der Waals surface area contributed by atoms with Crippen molar-refractivity contribution >= 4 is 32.7 Å². The zero-order valence-electron chi connectivity index (χ0n) is 15.4. The Hall–Kier alpha value is -2.54. The molecular weight excluding hydrogens is 375 g/mol. The van der Waals surface area contributed by atoms with Crippen LogP contribution in [0.1, 0.15) is 42.7 Å². The largest absolute Gasteiger partial charge is 0.350 e. The second-order valence-corrected chi connectivity index (χ2v) is 8.57. The van der Waals surface area contributed by atoms with E-state index in [1.165, 1.54) is 30.5 Å². The van der Waals surface area contributed by atoms with Crippen molar-refractivity contribution in [3.8, 4) is 0 Å². The molecule has 144 valence electrons. The molecule has 0 radical (unpaired) electrons. The van der Waals surface area contributed by atoms with Crippen molar-refractivity contribution in [1.82, 2.24) is 15.3 Å². The molecule has 2 aromatic heterocycles. The van der Waals surface area contributed by atoms with Crippen LogP contribution >= 0.6 is 11.3 Å². The Morgan fingerprint density at radius 3 is 2.86 bits per heavy atom. The molecule has 3 aromatic rings. The van der Waals surface area contributed by atoms with Crippen LogP contribution in [0.25, 0.3) is 10.3 Å². The van der Waals surface area contributed by atoms with E-state index in [1.807, 2.05) is 6.20 Å². The van der Waals surface area contributed by atoms with Crippen molar-refractivity contribution < 1.29 is 9.18 Å². The minimum absolute atomic E-state index is 0.00675. The summed E-state index contributed by atoms with van der Waals surface area (Å²) in [6.45, 7) is 1.22. The van der Waals surface area contributed by atoms with E-state index in [-0.39, 0.29) is 17.8 Å². The number of nitrogens with zero attached hydrogens (tertiary/aromatic N) is 3. The highest BCUT2D eigenvalue weighted by atomic mass is 32.1. The molecule has 1 aliphatic carbocycles. The smallest absolute Gasteiger partial charge is 0.243 e. The number of pyridine rings is 1. The molecule has 1 saturated carbocycles. The summed E-state index contributed by atoms with van der Waals surface area (Å²) < 4.78 is 14.1. The van der Waals surface area contributed by atoms with Crippen molar-refractivity contribution in [1.29, 1.82) is 0 Å². The van der Waals surface area contributed by atoms with Gasteiger partial charge in [0.05, 0.1) is 4.70 Å². The van der Waals surface area contributed by atoms with Crippen LogP contribution in [0.4, 0.5) is 9.52 Å². The number of hydrogen-bond acceptors (Lipinski definition) is 5. The molecule has 1 saturated heterocycles. The van der Waals surface area contributed by atoms with Gasteiger partial charge in [0, 0.05) is 19.3 Å². The number of hydrogen-bond donors (Lipinski definition) is 1. The van der Waals surface area contributed by atoms with Gasteiger partial charge in [0.25, 0.3) is 0 Å². The molecular formula is C21H21FN4OS. The summed E-state index contributed by atoms with van der Waals surface area (Å²) in [6.07, 6.45) is 6.22. The number of rotatable bonds is 5. The van der Waals surface area contributed by atoms with Gasteiger partial charge in [-0.25, -0.2) is 9.37 Å². The highest BCUT2D eigenvalue weighted by Crippen LogP contribution is 2.41. The number of carbonyl (C=O) groups is 1. The van der Waals surface area contributed by atoms with E-state index in [1.54, 1.807) is 23.5 Å². The number of aromatic nitrogens is 2. The maximum Gasteiger partial charge on any atom is 0.243 e. The van der Waals surface area contributed by atoms with Crippen molar-refractivity contribution in [3.05, 3.63) is 53.5 Å². The second-order valence-electron chi connectivity index (χ2n) is 7.56. The first-order chi connectivity index (χ1) is 13.7. The van der Waals surface area contributed by atoms with Crippen LogP contribution in [-0.2, 0) is 11.3 Å². The lowest BCUT2D eigenvalue weighted by molar-refractivity contribution is -0.122. The topological polar surface area (TPSA) is 58.1 Å². The fraction of sp³-hybridized carbons (Fsp3) is 0.381. The van der Waals surface area contributed by atoms with Gasteiger partial charge in [0.15, 0.2) is 10.8 Å². The SMILES string of the molecule is O=C(NCc1ccc(F)cc1)C1CCCN1c1nc2ncc(C3CC3)cc2s1. The third-order valence-electron chi connectivity index (χ3n) is 5.49. The first kappa shape index (κ1) is 17.6. The van der Waals surface area contributed by atoms with Gasteiger partial charge >= 0.3 is 0 Å². The third kappa shape index (κ3) is 3.46. The molecule has 28 heavy (non-hydrogen) atoms. The molecule has 1 unspecified atom stereocenters. The number of nitrogens with one attached hydrogen (secondary N) is 1. The predicted octanol–water partition coefficient (Wildman–Crippen LogP) is 3.99. The molecule has 7 heteroatoms. The molecule has 5 rings (SSSR count). The van der Waals surface area contributed by atoms with Crippen LogP contribution in [0.2, 0.25) is 0 Å². The third-order valence-corrected chi connectivity index (χ3v) is 6.52. The minimum atomic E-state index is -0.272. The summed E-state index contributed by atoms with van der Waals surface area (Å²) in [4.78, 5) is 24.1. The van der Waals surface area contributed by atoms with Crippen LogP contribution < -0.4 is 10.2 Å². The van der Waals surface area contributed by atoms with Crippen LogP contribution in [-0.4, -0.2) is 28.5 Å². The van der Waals surface area contributed by atoms with Gasteiger partial charge in [-0.15, -0.1) is 0 Å². The highest BCUT2D eigenvalue weighted by molar-refractivity contribution is 7.22. The Bertz CT molecular complexity index is 1010. The number of thiazole rings is 1. The lowest BCUT2D eigenvalue weighted by Gasteiger charge is -2.23. The van der Waals surface area contributed by atoms with Crippen molar-refractivity contribution in [2.75, 3.05) is 11.4 Å². The Kier molecular flexibility index (Phi) is 4.47. The van der Waals surface area contributed by atoms with Crippen molar-refractivity contribution in [3.63, 3.8) is 0 Å². The Labute approximate surface area is 166 Å². The lowest BCUT2D eigenvalue weighted by Crippen LogP contribution is -2.43. The van der Waals surface area contributed by atoms with E-state index in [0.29, 0.717) is 12.5 Å². The first-order valence-corrected chi connectivity index (χ1v) is 10.5. The first-order valence-electron chi connectivity index (χ1n) is 9.73. The van der Waals surface area contributed by atoms with E-state index < -0.39 is 0 Å². The van der Waals surface area contributed by atoms with Gasteiger partial charge < -0.3 is 10.2 Å². The Morgan fingerprint density at radius 2 is 2.07 bits per heavy atom. The summed E-state index contributed by atoms with van der Waals surface area (Å²) in [6, 6.07) is 8.20. The lowest BCUT2D eigenvalue weighted by atomic mass is 10.2. The number of fused-ring (bicyclic) bond motifs is 1. The van der Waals surface area contributed by atoms with Crippen LogP contribution in [0.5, 0.6) is 0 Å². The molecule has 1 aliphatic heterocycles. The standard InChI is InChI=1S/C21H21FN4OS/c22-16-7-3-13(4-8-16)11-24-20(27)17-2-1-9-26(17)21-25-19-18(28-21)10-15(12-23-19)14-5-6-14/h3-4,7-8,10,12,14,17H,1-2,5-6,9,11H2,(H,24,27). The molecule has 3 heterocycles. The van der Waals surface area contributed by atoms with E-state index in [2.05, 4.69) is 26.3 Å². The number of benzene rings is 1. The summed E-state index contributed by atoms with van der Waals surface area (Å²) >= 11 is 1.62. The van der Waals surface area contributed by atoms with Gasteiger partial charge in [0.2, 0.25) is 5.91 Å². The second kappa shape index (κ2) is 7.13. The van der Waals surface area contributed by atoms with E-state index in [0.717, 1.165) is 40.4 Å². The van der Waals surface area contributed by atoms with Crippen LogP contribution in [0, 0.1) is 5.82 Å². The quantitative estimate of drug-likeness (QED) is 0.708. The fourth-order valence-corrected chi connectivity index (χ4v) is 4.81. The molecule has 1 N–H and O–H groups in total. The summed E-state index contributed by atoms with van der Waals surface area (Å²) in [5.74, 6) is 0.387. The molecule has 5 nitrogen and oxygen atoms in total. The van der Waals surface area contributed by atoms with Gasteiger partial charge in [-0.2, -0.15) is 4.98 Å². The summed E-state index contributed by atoms with van der Waals surface area (Å²) in [5, 5.41) is 3.85. The maximum atomic E-state index is 13.0. The number of amides is 1. The summed E-state index contributed by atoms with van der Waals surface area (Å²) in [5.41, 5.74) is 2.95. The van der Waals surface area contributed by atoms with Gasteiger partial charge in [-0.1, -0.05) is 23.5 Å². The maximum absolute atomic E-state index is 13.0. The molecule has 2 fully saturated rings. The molecule has 1 amide bonds. The van der Waals surface area contributed by atoms with Gasteiger partial charge in [-0.3, -0.25) is 4.79 Å². The highest BCUT2D eigenvalue weighted by Gasteiger charge is 2.33. The molecule has 0 spiro atoms. The monoisotopic (exact) mass is 396 g/mol. The van der Waals surface area contributed by atoms with Crippen LogP contribution in [0.15, 0.2) is 36.5 Å². The van der Waals surface area contributed by atoms with E-state index in [9.17, 15) is 9.18 Å². The molecule has 0 bridgehead atoms. The minimum Gasteiger partial charge on any atom is -0.350 e. The number of carbonyl (C=O) groups excluding carboxylic acids is 1. The van der Waals surface area contributed by atoms with Gasteiger partial charge in [-0.05, 0) is 60.9 Å². The zero-order chi connectivity index (χ0) is 19.1. The number of halogens is 1. The van der Waals surface area contributed by atoms with Crippen molar-refractivity contribution in [2.24, 2.45) is 0 Å². The molecule has 2 aliphatic rings. The molecule has 1 atom stereocenters. The van der Waals surface area contributed by atoms with Gasteiger partial charge in [0.1, 0.15) is 11.9 Å². The normalized spacial score (nSPS) is 19.3. The van der Waals surface area contributed by atoms with Crippen molar-refractivity contribution in [2.45, 2.75) is 44.2 Å². The summed E-state index contributed by atoms with van der Waals surface area (Å²) in [7, 11) is 0. The number of anilines is 1. The Morgan fingerprint density at radius 1 is 1.25 bits per heavy atom. The van der Waals surface area contributed by atoms with E-state index in [4.69, 9.17) is 0 Å². The fourth-order valence-electron chi connectivity index (χ4n) is 3.76. The average molecular weight is 396 g/mol.